The van der Waals surface area contributed by atoms with E-state index in [1.165, 1.54) is 11.2 Å². The van der Waals surface area contributed by atoms with E-state index in [1.54, 1.807) is 34.9 Å². The van der Waals surface area contributed by atoms with E-state index in [1.807, 2.05) is 38.1 Å². The number of anilines is 2. The lowest BCUT2D eigenvalue weighted by atomic mass is 10.2. The van der Waals surface area contributed by atoms with Crippen molar-refractivity contribution in [1.82, 2.24) is 0 Å². The van der Waals surface area contributed by atoms with Crippen LogP contribution in [-0.2, 0) is 14.8 Å². The number of rotatable bonds is 4. The highest BCUT2D eigenvalue weighted by atomic mass is 32.2. The van der Waals surface area contributed by atoms with Gasteiger partial charge in [0.25, 0.3) is 10.0 Å². The van der Waals surface area contributed by atoms with Gasteiger partial charge in [-0.3, -0.25) is 9.10 Å². The SMILES string of the molecule is CCN(c1cccc(C)c1)S(=O)(=O)c1ccc2c(c1)N(C(C)=O)C[C@@H](C)S2. The van der Waals surface area contributed by atoms with Crippen LogP contribution >= 0.6 is 11.8 Å². The molecule has 1 aliphatic rings. The lowest BCUT2D eigenvalue weighted by Gasteiger charge is -2.32. The van der Waals surface area contributed by atoms with Crippen LogP contribution < -0.4 is 9.21 Å². The summed E-state index contributed by atoms with van der Waals surface area (Å²) >= 11 is 1.66. The van der Waals surface area contributed by atoms with Crippen LogP contribution in [0.15, 0.2) is 52.3 Å². The summed E-state index contributed by atoms with van der Waals surface area (Å²) in [5.74, 6) is -0.0796. The Hall–Kier alpha value is -1.99. The normalized spacial score (nSPS) is 16.7. The number of sulfonamides is 1. The summed E-state index contributed by atoms with van der Waals surface area (Å²) in [7, 11) is -3.73. The zero-order chi connectivity index (χ0) is 19.8. The molecule has 144 valence electrons. The van der Waals surface area contributed by atoms with Gasteiger partial charge < -0.3 is 4.90 Å². The maximum atomic E-state index is 13.3. The van der Waals surface area contributed by atoms with Crippen molar-refractivity contribution in [3.8, 4) is 0 Å². The maximum absolute atomic E-state index is 13.3. The lowest BCUT2D eigenvalue weighted by Crippen LogP contribution is -2.37. The zero-order valence-corrected chi connectivity index (χ0v) is 17.6. The average molecular weight is 405 g/mol. The summed E-state index contributed by atoms with van der Waals surface area (Å²) < 4.78 is 28.0. The molecule has 0 radical (unpaired) electrons. The molecule has 1 heterocycles. The maximum Gasteiger partial charge on any atom is 0.264 e. The Labute approximate surface area is 165 Å². The van der Waals surface area contributed by atoms with Crippen LogP contribution in [0.3, 0.4) is 0 Å². The topological polar surface area (TPSA) is 57.7 Å². The number of nitrogens with zero attached hydrogens (tertiary/aromatic N) is 2. The first-order valence-electron chi connectivity index (χ1n) is 8.92. The van der Waals surface area contributed by atoms with Crippen molar-refractivity contribution < 1.29 is 13.2 Å². The molecule has 3 rings (SSSR count). The number of aryl methyl sites for hydroxylation is 1. The van der Waals surface area contributed by atoms with Crippen molar-refractivity contribution in [2.45, 2.75) is 42.7 Å². The molecule has 0 aromatic heterocycles. The second-order valence-electron chi connectivity index (χ2n) is 6.70. The van der Waals surface area contributed by atoms with Crippen LogP contribution in [0.4, 0.5) is 11.4 Å². The molecule has 1 atom stereocenters. The minimum atomic E-state index is -3.73. The van der Waals surface area contributed by atoms with E-state index in [9.17, 15) is 13.2 Å². The fraction of sp³-hybridized carbons (Fsp3) is 0.350. The van der Waals surface area contributed by atoms with Gasteiger partial charge in [0, 0.05) is 30.2 Å². The largest absolute Gasteiger partial charge is 0.310 e. The summed E-state index contributed by atoms with van der Waals surface area (Å²) in [5, 5.41) is 0.267. The molecule has 27 heavy (non-hydrogen) atoms. The number of hydrogen-bond donors (Lipinski definition) is 0. The van der Waals surface area contributed by atoms with Gasteiger partial charge >= 0.3 is 0 Å². The summed E-state index contributed by atoms with van der Waals surface area (Å²) in [6.45, 7) is 8.23. The fourth-order valence-corrected chi connectivity index (χ4v) is 5.86. The minimum Gasteiger partial charge on any atom is -0.310 e. The number of carbonyl (C=O) groups excluding carboxylic acids is 1. The average Bonchev–Trinajstić information content (AvgIpc) is 2.60. The summed E-state index contributed by atoms with van der Waals surface area (Å²) in [4.78, 5) is 14.9. The molecule has 0 spiro atoms. The van der Waals surface area contributed by atoms with Crippen molar-refractivity contribution in [1.29, 1.82) is 0 Å². The van der Waals surface area contributed by atoms with Crippen LogP contribution in [0.25, 0.3) is 0 Å². The van der Waals surface area contributed by atoms with Crippen molar-refractivity contribution in [2.24, 2.45) is 0 Å². The van der Waals surface area contributed by atoms with Gasteiger partial charge in [0.05, 0.1) is 16.3 Å². The number of benzene rings is 2. The Morgan fingerprint density at radius 3 is 2.63 bits per heavy atom. The Bertz CT molecular complexity index is 973. The molecule has 0 bridgehead atoms. The second kappa shape index (κ2) is 7.56. The van der Waals surface area contributed by atoms with Crippen molar-refractivity contribution >= 4 is 39.1 Å². The molecule has 1 amide bonds. The fourth-order valence-electron chi connectivity index (χ4n) is 3.28. The minimum absolute atomic E-state index is 0.0796. The number of hydrogen-bond acceptors (Lipinski definition) is 4. The molecule has 0 unspecified atom stereocenters. The van der Waals surface area contributed by atoms with Gasteiger partial charge in [0.1, 0.15) is 0 Å². The van der Waals surface area contributed by atoms with Gasteiger partial charge in [-0.25, -0.2) is 8.42 Å². The Kier molecular flexibility index (Phi) is 5.53. The molecular weight excluding hydrogens is 380 g/mol. The predicted octanol–water partition coefficient (Wildman–Crippen LogP) is 4.06. The molecule has 0 aliphatic carbocycles. The van der Waals surface area contributed by atoms with Crippen LogP contribution in [0.5, 0.6) is 0 Å². The van der Waals surface area contributed by atoms with Crippen molar-refractivity contribution in [3.63, 3.8) is 0 Å². The predicted molar refractivity (Wildman–Crippen MR) is 111 cm³/mol. The number of amides is 1. The number of carbonyl (C=O) groups is 1. The van der Waals surface area contributed by atoms with Crippen molar-refractivity contribution in [3.05, 3.63) is 48.0 Å². The number of fused-ring (bicyclic) bond motifs is 1. The first kappa shape index (κ1) is 19.8. The Balaban J connectivity index is 2.07. The molecule has 5 nitrogen and oxygen atoms in total. The highest BCUT2D eigenvalue weighted by Crippen LogP contribution is 2.40. The van der Waals surface area contributed by atoms with Gasteiger partial charge in [0.2, 0.25) is 5.91 Å². The molecule has 1 aliphatic heterocycles. The van der Waals surface area contributed by atoms with Gasteiger partial charge in [0.15, 0.2) is 0 Å². The molecular formula is C20H24N2O3S2. The monoisotopic (exact) mass is 404 g/mol. The third-order valence-electron chi connectivity index (χ3n) is 4.53. The van der Waals surface area contributed by atoms with E-state index in [0.717, 1.165) is 10.5 Å². The van der Waals surface area contributed by atoms with E-state index in [4.69, 9.17) is 0 Å². The third kappa shape index (κ3) is 3.84. The quantitative estimate of drug-likeness (QED) is 0.771. The molecule has 0 saturated carbocycles. The van der Waals surface area contributed by atoms with Gasteiger partial charge in [-0.2, -0.15) is 0 Å². The zero-order valence-electron chi connectivity index (χ0n) is 16.0. The molecule has 0 fully saturated rings. The first-order chi connectivity index (χ1) is 12.7. The molecule has 2 aromatic rings. The summed E-state index contributed by atoms with van der Waals surface area (Å²) in [6, 6.07) is 12.5. The first-order valence-corrected chi connectivity index (χ1v) is 11.2. The highest BCUT2D eigenvalue weighted by molar-refractivity contribution is 8.00. The summed E-state index contributed by atoms with van der Waals surface area (Å²) in [6.07, 6.45) is 0. The highest BCUT2D eigenvalue weighted by Gasteiger charge is 2.29. The van der Waals surface area contributed by atoms with E-state index >= 15 is 0 Å². The van der Waals surface area contributed by atoms with E-state index < -0.39 is 10.0 Å². The van der Waals surface area contributed by atoms with Gasteiger partial charge in [-0.15, -0.1) is 11.8 Å². The van der Waals surface area contributed by atoms with Crippen molar-refractivity contribution in [2.75, 3.05) is 22.3 Å². The molecule has 2 aromatic carbocycles. The Morgan fingerprint density at radius 2 is 2.00 bits per heavy atom. The van der Waals surface area contributed by atoms with Gasteiger partial charge in [-0.1, -0.05) is 19.1 Å². The number of thioether (sulfide) groups is 1. The van der Waals surface area contributed by atoms with E-state index in [-0.39, 0.29) is 16.1 Å². The van der Waals surface area contributed by atoms with Crippen LogP contribution in [0.2, 0.25) is 0 Å². The standard InChI is InChI=1S/C20H24N2O3S2/c1-5-22(17-8-6-7-14(2)11-17)27(24,25)18-9-10-20-19(12-18)21(16(4)23)13-15(3)26-20/h6-12,15H,5,13H2,1-4H3/t15-/m1/s1. The van der Waals surface area contributed by atoms with E-state index in [0.29, 0.717) is 24.5 Å². The van der Waals surface area contributed by atoms with Gasteiger partial charge in [-0.05, 0) is 49.7 Å². The third-order valence-corrected chi connectivity index (χ3v) is 7.58. The molecule has 7 heteroatoms. The molecule has 0 N–H and O–H groups in total. The molecule has 0 saturated heterocycles. The van der Waals surface area contributed by atoms with Crippen LogP contribution in [0, 0.1) is 6.92 Å². The summed E-state index contributed by atoms with van der Waals surface area (Å²) in [5.41, 5.74) is 2.31. The Morgan fingerprint density at radius 1 is 1.26 bits per heavy atom. The lowest BCUT2D eigenvalue weighted by molar-refractivity contribution is -0.116. The smallest absolute Gasteiger partial charge is 0.264 e. The van der Waals surface area contributed by atoms with Crippen LogP contribution in [-0.4, -0.2) is 32.7 Å². The van der Waals surface area contributed by atoms with Crippen LogP contribution in [0.1, 0.15) is 26.3 Å². The second-order valence-corrected chi connectivity index (χ2v) is 10.0. The van der Waals surface area contributed by atoms with E-state index in [2.05, 4.69) is 6.92 Å².